The van der Waals surface area contributed by atoms with Crippen LogP contribution < -0.4 is 4.90 Å². The van der Waals surface area contributed by atoms with Gasteiger partial charge in [0.05, 0.1) is 16.2 Å². The number of carboxylic acids is 1. The van der Waals surface area contributed by atoms with Gasteiger partial charge in [-0.3, -0.25) is 9.69 Å². The third-order valence-corrected chi connectivity index (χ3v) is 5.84. The maximum atomic E-state index is 12.8. The monoisotopic (exact) mass is 421 g/mol. The van der Waals surface area contributed by atoms with Crippen LogP contribution in [0.1, 0.15) is 21.7 Å². The van der Waals surface area contributed by atoms with Crippen molar-refractivity contribution < 1.29 is 19.1 Å². The lowest BCUT2D eigenvalue weighted by molar-refractivity contribution is -0.113. The number of carboxylic acid groups (broad SMARTS) is 1. The Kier molecular flexibility index (Phi) is 5.08. The van der Waals surface area contributed by atoms with E-state index in [2.05, 4.69) is 0 Å². The first-order valence-corrected chi connectivity index (χ1v) is 9.94. The van der Waals surface area contributed by atoms with Crippen LogP contribution in [0, 0.1) is 6.92 Å². The number of carbonyl (C=O) groups is 2. The van der Waals surface area contributed by atoms with Crippen LogP contribution in [0.4, 0.5) is 5.69 Å². The molecule has 5 nitrogen and oxygen atoms in total. The third kappa shape index (κ3) is 3.62. The van der Waals surface area contributed by atoms with Gasteiger partial charge in [0.15, 0.2) is 4.32 Å². The second-order valence-electron chi connectivity index (χ2n) is 6.34. The van der Waals surface area contributed by atoms with E-state index < -0.39 is 5.97 Å². The summed E-state index contributed by atoms with van der Waals surface area (Å²) >= 11 is 6.59. The van der Waals surface area contributed by atoms with Crippen LogP contribution in [0.5, 0.6) is 0 Å². The Bertz CT molecular complexity index is 1160. The summed E-state index contributed by atoms with van der Waals surface area (Å²) in [6, 6.07) is 17.8. The normalized spacial score (nSPS) is 15.3. The van der Waals surface area contributed by atoms with Gasteiger partial charge in [-0.05, 0) is 42.8 Å². The molecule has 0 atom stereocenters. The van der Waals surface area contributed by atoms with Crippen molar-refractivity contribution in [3.8, 4) is 11.3 Å². The number of thiocarbonyl (C=S) groups is 1. The molecule has 29 heavy (non-hydrogen) atoms. The van der Waals surface area contributed by atoms with E-state index in [9.17, 15) is 14.7 Å². The van der Waals surface area contributed by atoms with Gasteiger partial charge >= 0.3 is 5.97 Å². The number of aromatic carboxylic acids is 1. The lowest BCUT2D eigenvalue weighted by atomic mass is 10.0. The van der Waals surface area contributed by atoms with E-state index in [1.807, 2.05) is 30.3 Å². The van der Waals surface area contributed by atoms with Crippen LogP contribution in [0.3, 0.4) is 0 Å². The lowest BCUT2D eigenvalue weighted by Crippen LogP contribution is -2.27. The maximum Gasteiger partial charge on any atom is 0.335 e. The van der Waals surface area contributed by atoms with Gasteiger partial charge < -0.3 is 9.52 Å². The Balaban J connectivity index is 1.64. The highest BCUT2D eigenvalue weighted by Crippen LogP contribution is 2.36. The van der Waals surface area contributed by atoms with Crippen molar-refractivity contribution in [1.82, 2.24) is 0 Å². The van der Waals surface area contributed by atoms with E-state index in [1.165, 1.54) is 16.7 Å². The summed E-state index contributed by atoms with van der Waals surface area (Å²) in [6.45, 7) is 1.74. The smallest absolute Gasteiger partial charge is 0.335 e. The highest BCUT2D eigenvalue weighted by atomic mass is 32.2. The number of para-hydroxylation sites is 1. The standard InChI is InChI=1S/C22H15NO4S2/c1-13-16(8-5-9-17(13)21(25)26)18-11-10-15(27-18)12-19-20(24)23(22(28)29-19)14-6-3-2-4-7-14/h2-12H,1H3,(H,25,26)/b19-12+. The molecule has 1 amide bonds. The Morgan fingerprint density at radius 1 is 1.10 bits per heavy atom. The number of nitrogens with zero attached hydrogens (tertiary/aromatic N) is 1. The Hall–Kier alpha value is -3.16. The molecular formula is C22H15NO4S2. The predicted molar refractivity (Wildman–Crippen MR) is 118 cm³/mol. The van der Waals surface area contributed by atoms with Crippen LogP contribution in [-0.2, 0) is 4.79 Å². The zero-order chi connectivity index (χ0) is 20.5. The number of hydrogen-bond donors (Lipinski definition) is 1. The second-order valence-corrected chi connectivity index (χ2v) is 8.01. The van der Waals surface area contributed by atoms with Gasteiger partial charge in [0, 0.05) is 11.6 Å². The molecule has 2 aromatic carbocycles. The highest BCUT2D eigenvalue weighted by molar-refractivity contribution is 8.27. The quantitative estimate of drug-likeness (QED) is 0.452. The molecule has 1 N–H and O–H groups in total. The van der Waals surface area contributed by atoms with E-state index in [0.717, 1.165) is 5.69 Å². The zero-order valence-electron chi connectivity index (χ0n) is 15.3. The summed E-state index contributed by atoms with van der Waals surface area (Å²) in [6.07, 6.45) is 1.65. The molecule has 1 aromatic heterocycles. The fraction of sp³-hybridized carbons (Fsp3) is 0.0455. The van der Waals surface area contributed by atoms with Crippen LogP contribution in [0.25, 0.3) is 17.4 Å². The minimum absolute atomic E-state index is 0.201. The van der Waals surface area contributed by atoms with E-state index in [1.54, 1.807) is 43.3 Å². The Morgan fingerprint density at radius 3 is 2.59 bits per heavy atom. The lowest BCUT2D eigenvalue weighted by Gasteiger charge is -2.13. The number of furan rings is 1. The summed E-state index contributed by atoms with van der Waals surface area (Å²) in [5.41, 5.74) is 2.27. The molecule has 0 spiro atoms. The molecule has 1 saturated heterocycles. The average Bonchev–Trinajstić information content (AvgIpc) is 3.27. The number of hydrogen-bond acceptors (Lipinski definition) is 5. The molecule has 1 aliphatic rings. The van der Waals surface area contributed by atoms with Gasteiger partial charge in [-0.25, -0.2) is 4.79 Å². The molecule has 4 rings (SSSR count). The average molecular weight is 421 g/mol. The summed E-state index contributed by atoms with van der Waals surface area (Å²) in [5, 5.41) is 9.31. The number of carbonyl (C=O) groups excluding carboxylic acids is 1. The topological polar surface area (TPSA) is 70.8 Å². The first kappa shape index (κ1) is 19.2. The van der Waals surface area contributed by atoms with Crippen molar-refractivity contribution in [2.24, 2.45) is 0 Å². The zero-order valence-corrected chi connectivity index (χ0v) is 16.9. The minimum atomic E-state index is -0.985. The summed E-state index contributed by atoms with van der Waals surface area (Å²) in [4.78, 5) is 26.1. The van der Waals surface area contributed by atoms with Crippen molar-refractivity contribution >= 4 is 51.9 Å². The largest absolute Gasteiger partial charge is 0.478 e. The van der Waals surface area contributed by atoms with Crippen molar-refractivity contribution in [3.05, 3.63) is 82.5 Å². The summed E-state index contributed by atoms with van der Waals surface area (Å²) in [5.74, 6) is -0.155. The molecule has 2 heterocycles. The van der Waals surface area contributed by atoms with Crippen molar-refractivity contribution in [2.45, 2.75) is 6.92 Å². The van der Waals surface area contributed by atoms with Crippen LogP contribution in [-0.4, -0.2) is 21.3 Å². The van der Waals surface area contributed by atoms with Crippen LogP contribution >= 0.6 is 24.0 Å². The van der Waals surface area contributed by atoms with Gasteiger partial charge in [0.2, 0.25) is 0 Å². The maximum absolute atomic E-state index is 12.8. The van der Waals surface area contributed by atoms with Crippen molar-refractivity contribution in [1.29, 1.82) is 0 Å². The molecule has 1 aliphatic heterocycles. The third-order valence-electron chi connectivity index (χ3n) is 4.54. The molecule has 0 unspecified atom stereocenters. The molecule has 0 bridgehead atoms. The first-order valence-electron chi connectivity index (χ1n) is 8.72. The molecule has 144 valence electrons. The second kappa shape index (κ2) is 7.69. The number of benzene rings is 2. The molecular weight excluding hydrogens is 406 g/mol. The van der Waals surface area contributed by atoms with Gasteiger partial charge in [0.1, 0.15) is 11.5 Å². The van der Waals surface area contributed by atoms with E-state index in [-0.39, 0.29) is 11.5 Å². The first-order chi connectivity index (χ1) is 14.0. The SMILES string of the molecule is Cc1c(C(=O)O)cccc1-c1ccc(/C=C2/SC(=S)N(c3ccccc3)C2=O)o1. The number of amides is 1. The van der Waals surface area contributed by atoms with E-state index >= 15 is 0 Å². The summed E-state index contributed by atoms with van der Waals surface area (Å²) < 4.78 is 6.34. The fourth-order valence-corrected chi connectivity index (χ4v) is 4.39. The molecule has 1 fully saturated rings. The van der Waals surface area contributed by atoms with E-state index in [0.29, 0.717) is 31.9 Å². The van der Waals surface area contributed by atoms with Crippen molar-refractivity contribution in [3.63, 3.8) is 0 Å². The fourth-order valence-electron chi connectivity index (χ4n) is 3.11. The predicted octanol–water partition coefficient (Wildman–Crippen LogP) is 5.36. The van der Waals surface area contributed by atoms with Gasteiger partial charge in [-0.15, -0.1) is 0 Å². The van der Waals surface area contributed by atoms with E-state index in [4.69, 9.17) is 16.6 Å². The Morgan fingerprint density at radius 2 is 1.86 bits per heavy atom. The van der Waals surface area contributed by atoms with Gasteiger partial charge in [-0.1, -0.05) is 54.3 Å². The van der Waals surface area contributed by atoms with Gasteiger partial charge in [0.25, 0.3) is 5.91 Å². The number of thioether (sulfide) groups is 1. The molecule has 0 saturated carbocycles. The number of anilines is 1. The van der Waals surface area contributed by atoms with Crippen molar-refractivity contribution in [2.75, 3.05) is 4.90 Å². The molecule has 3 aromatic rings. The van der Waals surface area contributed by atoms with Crippen LogP contribution in [0.2, 0.25) is 0 Å². The Labute approximate surface area is 176 Å². The highest BCUT2D eigenvalue weighted by Gasteiger charge is 2.33. The molecule has 0 radical (unpaired) electrons. The summed E-state index contributed by atoms with van der Waals surface area (Å²) in [7, 11) is 0. The molecule has 0 aliphatic carbocycles. The minimum Gasteiger partial charge on any atom is -0.478 e. The van der Waals surface area contributed by atoms with Gasteiger partial charge in [-0.2, -0.15) is 0 Å². The van der Waals surface area contributed by atoms with Crippen LogP contribution in [0.15, 0.2) is 70.0 Å². The number of rotatable bonds is 4. The molecule has 7 heteroatoms.